The van der Waals surface area contributed by atoms with E-state index in [9.17, 15) is 4.79 Å². The number of imidazole rings is 1. The Hall–Kier alpha value is -1.52. The topological polar surface area (TPSA) is 47.4 Å². The Morgan fingerprint density at radius 2 is 2.20 bits per heavy atom. The minimum absolute atomic E-state index is 0.326. The number of hydrogen-bond acceptors (Lipinski definition) is 3. The Bertz CT molecular complexity index is 378. The molecule has 15 heavy (non-hydrogen) atoms. The van der Waals surface area contributed by atoms with Crippen molar-refractivity contribution in [1.29, 1.82) is 0 Å². The van der Waals surface area contributed by atoms with Gasteiger partial charge in [0.2, 0.25) is 5.95 Å². The summed E-state index contributed by atoms with van der Waals surface area (Å²) in [6.07, 6.45) is 3.22. The minimum Gasteiger partial charge on any atom is -0.443 e. The Balaban J connectivity index is 2.11. The number of rotatable bonds is 0. The number of hydrogen-bond donors (Lipinski definition) is 0. The molecule has 82 valence electrons. The van der Waals surface area contributed by atoms with Crippen LogP contribution in [-0.2, 0) is 11.3 Å². The highest BCUT2D eigenvalue weighted by molar-refractivity contribution is 5.86. The normalized spacial score (nSPS) is 15.3. The molecule has 0 atom stereocenters. The number of amides is 1. The molecule has 0 fully saturated rings. The van der Waals surface area contributed by atoms with Crippen LogP contribution in [0.5, 0.6) is 0 Å². The molecule has 0 aliphatic carbocycles. The highest BCUT2D eigenvalue weighted by Crippen LogP contribution is 2.21. The zero-order chi connectivity index (χ0) is 11.1. The summed E-state index contributed by atoms with van der Waals surface area (Å²) in [4.78, 5) is 17.5. The van der Waals surface area contributed by atoms with Gasteiger partial charge in [0, 0.05) is 18.9 Å². The Labute approximate surface area is 88.7 Å². The fraction of sp³-hybridized carbons (Fsp3) is 0.600. The van der Waals surface area contributed by atoms with Gasteiger partial charge in [-0.3, -0.25) is 0 Å². The number of anilines is 1. The van der Waals surface area contributed by atoms with Gasteiger partial charge in [-0.2, -0.15) is 0 Å². The van der Waals surface area contributed by atoms with Crippen molar-refractivity contribution in [3.63, 3.8) is 0 Å². The fourth-order valence-corrected chi connectivity index (χ4v) is 1.52. The van der Waals surface area contributed by atoms with Crippen LogP contribution in [0, 0.1) is 0 Å². The molecule has 5 nitrogen and oxygen atoms in total. The molecule has 1 aliphatic rings. The van der Waals surface area contributed by atoms with Gasteiger partial charge >= 0.3 is 6.09 Å². The fourth-order valence-electron chi connectivity index (χ4n) is 1.52. The summed E-state index contributed by atoms with van der Waals surface area (Å²) in [5, 5.41) is 0. The predicted molar refractivity (Wildman–Crippen MR) is 55.8 cm³/mol. The van der Waals surface area contributed by atoms with E-state index in [1.807, 2.05) is 31.5 Å². The summed E-state index contributed by atoms with van der Waals surface area (Å²) >= 11 is 0. The first-order valence-corrected chi connectivity index (χ1v) is 4.99. The monoisotopic (exact) mass is 209 g/mol. The molecular formula is C10H15N3O2. The van der Waals surface area contributed by atoms with E-state index in [0.29, 0.717) is 12.5 Å². The van der Waals surface area contributed by atoms with Crippen molar-refractivity contribution >= 4 is 12.0 Å². The van der Waals surface area contributed by atoms with Gasteiger partial charge in [0.05, 0.1) is 6.54 Å². The number of fused-ring (bicyclic) bond motifs is 1. The van der Waals surface area contributed by atoms with E-state index in [1.54, 1.807) is 11.1 Å². The lowest BCUT2D eigenvalue weighted by Gasteiger charge is -2.23. The average molecular weight is 209 g/mol. The zero-order valence-electron chi connectivity index (χ0n) is 9.23. The Kier molecular flexibility index (Phi) is 2.17. The molecule has 1 aliphatic heterocycles. The second-order valence-corrected chi connectivity index (χ2v) is 4.55. The van der Waals surface area contributed by atoms with E-state index in [0.717, 1.165) is 6.54 Å². The van der Waals surface area contributed by atoms with Gasteiger partial charge in [0.15, 0.2) is 0 Å². The van der Waals surface area contributed by atoms with Gasteiger partial charge in [-0.05, 0) is 20.8 Å². The van der Waals surface area contributed by atoms with E-state index in [2.05, 4.69) is 4.98 Å². The molecule has 0 spiro atoms. The maximum absolute atomic E-state index is 11.8. The molecule has 0 N–H and O–H groups in total. The summed E-state index contributed by atoms with van der Waals surface area (Å²) in [5.74, 6) is 0.671. The predicted octanol–water partition coefficient (Wildman–Crippen LogP) is 1.64. The van der Waals surface area contributed by atoms with Crippen LogP contribution >= 0.6 is 0 Å². The highest BCUT2D eigenvalue weighted by atomic mass is 16.6. The van der Waals surface area contributed by atoms with E-state index in [1.165, 1.54) is 0 Å². The van der Waals surface area contributed by atoms with Crippen LogP contribution in [0.3, 0.4) is 0 Å². The first-order chi connectivity index (χ1) is 6.97. The SMILES string of the molecule is CC(C)(C)OC(=O)N1CCn2ccnc21. The largest absolute Gasteiger partial charge is 0.443 e. The Morgan fingerprint density at radius 3 is 2.87 bits per heavy atom. The molecule has 5 heteroatoms. The third kappa shape index (κ3) is 1.95. The van der Waals surface area contributed by atoms with Crippen molar-refractivity contribution in [1.82, 2.24) is 9.55 Å². The number of carbonyl (C=O) groups is 1. The van der Waals surface area contributed by atoms with E-state index < -0.39 is 5.60 Å². The van der Waals surface area contributed by atoms with Crippen molar-refractivity contribution < 1.29 is 9.53 Å². The van der Waals surface area contributed by atoms with Crippen LogP contribution in [0.4, 0.5) is 10.7 Å². The second-order valence-electron chi connectivity index (χ2n) is 4.55. The maximum atomic E-state index is 11.8. The van der Waals surface area contributed by atoms with Crippen molar-refractivity contribution in [2.24, 2.45) is 0 Å². The zero-order valence-corrected chi connectivity index (χ0v) is 9.23. The second kappa shape index (κ2) is 3.25. The molecule has 0 bridgehead atoms. The molecule has 1 aromatic rings. The van der Waals surface area contributed by atoms with E-state index >= 15 is 0 Å². The molecule has 2 rings (SSSR count). The van der Waals surface area contributed by atoms with Crippen LogP contribution in [0.1, 0.15) is 20.8 Å². The number of carbonyl (C=O) groups excluding carboxylic acids is 1. The smallest absolute Gasteiger partial charge is 0.417 e. The lowest BCUT2D eigenvalue weighted by atomic mass is 10.2. The van der Waals surface area contributed by atoms with Gasteiger partial charge in [0.1, 0.15) is 5.60 Å². The molecule has 0 saturated heterocycles. The molecule has 1 amide bonds. The number of ether oxygens (including phenoxy) is 1. The standard InChI is InChI=1S/C10H15N3O2/c1-10(2,3)15-9(14)13-7-6-12-5-4-11-8(12)13/h4-5H,6-7H2,1-3H3. The lowest BCUT2D eigenvalue weighted by molar-refractivity contribution is 0.0583. The van der Waals surface area contributed by atoms with Crippen LogP contribution in [0.25, 0.3) is 0 Å². The van der Waals surface area contributed by atoms with Crippen LogP contribution in [-0.4, -0.2) is 27.8 Å². The Morgan fingerprint density at radius 1 is 1.47 bits per heavy atom. The van der Waals surface area contributed by atoms with Crippen molar-refractivity contribution in [2.75, 3.05) is 11.4 Å². The molecular weight excluding hydrogens is 194 g/mol. The van der Waals surface area contributed by atoms with Gasteiger partial charge in [-0.1, -0.05) is 0 Å². The third-order valence-corrected chi connectivity index (χ3v) is 2.11. The summed E-state index contributed by atoms with van der Waals surface area (Å²) in [7, 11) is 0. The van der Waals surface area contributed by atoms with Gasteiger partial charge < -0.3 is 9.30 Å². The lowest BCUT2D eigenvalue weighted by Crippen LogP contribution is -2.36. The quantitative estimate of drug-likeness (QED) is 0.652. The molecule has 2 heterocycles. The maximum Gasteiger partial charge on any atom is 0.417 e. The third-order valence-electron chi connectivity index (χ3n) is 2.11. The van der Waals surface area contributed by atoms with Crippen LogP contribution in [0.2, 0.25) is 0 Å². The average Bonchev–Trinajstić information content (AvgIpc) is 2.57. The number of nitrogens with zero attached hydrogens (tertiary/aromatic N) is 3. The summed E-state index contributed by atoms with van der Waals surface area (Å²) < 4.78 is 7.22. The van der Waals surface area contributed by atoms with Crippen LogP contribution < -0.4 is 4.90 Å². The molecule has 1 aromatic heterocycles. The first-order valence-electron chi connectivity index (χ1n) is 4.99. The number of aromatic nitrogens is 2. The van der Waals surface area contributed by atoms with Crippen molar-refractivity contribution in [2.45, 2.75) is 32.9 Å². The van der Waals surface area contributed by atoms with Crippen LogP contribution in [0.15, 0.2) is 12.4 Å². The first kappa shape index (κ1) is 10.0. The van der Waals surface area contributed by atoms with Gasteiger partial charge in [0.25, 0.3) is 0 Å². The molecule has 0 radical (unpaired) electrons. The van der Waals surface area contributed by atoms with Gasteiger partial charge in [-0.15, -0.1) is 0 Å². The highest BCUT2D eigenvalue weighted by Gasteiger charge is 2.29. The van der Waals surface area contributed by atoms with Gasteiger partial charge in [-0.25, -0.2) is 14.7 Å². The molecule has 0 aromatic carbocycles. The summed E-state index contributed by atoms with van der Waals surface area (Å²) in [6.45, 7) is 6.99. The van der Waals surface area contributed by atoms with Crippen molar-refractivity contribution in [3.8, 4) is 0 Å². The summed E-state index contributed by atoms with van der Waals surface area (Å²) in [5.41, 5.74) is -0.461. The van der Waals surface area contributed by atoms with Crippen molar-refractivity contribution in [3.05, 3.63) is 12.4 Å². The summed E-state index contributed by atoms with van der Waals surface area (Å²) in [6, 6.07) is 0. The van der Waals surface area contributed by atoms with E-state index in [-0.39, 0.29) is 6.09 Å². The molecule has 0 saturated carbocycles. The van der Waals surface area contributed by atoms with E-state index in [4.69, 9.17) is 4.74 Å². The minimum atomic E-state index is -0.461. The molecule has 0 unspecified atom stereocenters.